The Kier molecular flexibility index (Phi) is 2.95. The first-order valence-corrected chi connectivity index (χ1v) is 4.15. The molecule has 0 unspecified atom stereocenters. The number of hydrogen-bond donors (Lipinski definition) is 0. The highest BCUT2D eigenvalue weighted by atomic mass is 35.5. The summed E-state index contributed by atoms with van der Waals surface area (Å²) in [4.78, 5) is 0. The van der Waals surface area contributed by atoms with E-state index in [4.69, 9.17) is 16.3 Å². The molecule has 0 amide bonds. The Hall–Kier alpha value is -0.900. The molecular formula is C9H8ClF3O. The molecule has 0 bridgehead atoms. The Morgan fingerprint density at radius 1 is 1.29 bits per heavy atom. The van der Waals surface area contributed by atoms with Crippen molar-refractivity contribution in [1.29, 1.82) is 0 Å². The van der Waals surface area contributed by atoms with Crippen molar-refractivity contribution in [2.24, 2.45) is 0 Å². The maximum Gasteiger partial charge on any atom is 0.416 e. The van der Waals surface area contributed by atoms with E-state index < -0.39 is 11.7 Å². The predicted molar refractivity (Wildman–Crippen MR) is 47.7 cm³/mol. The molecule has 14 heavy (non-hydrogen) atoms. The van der Waals surface area contributed by atoms with E-state index in [1.165, 1.54) is 7.11 Å². The largest absolute Gasteiger partial charge is 0.496 e. The van der Waals surface area contributed by atoms with Gasteiger partial charge in [0.1, 0.15) is 5.75 Å². The fourth-order valence-corrected chi connectivity index (χ4v) is 1.24. The van der Waals surface area contributed by atoms with Gasteiger partial charge in [-0.1, -0.05) is 11.6 Å². The Balaban J connectivity index is 3.30. The fourth-order valence-electron chi connectivity index (χ4n) is 1.03. The van der Waals surface area contributed by atoms with Gasteiger partial charge in [-0.2, -0.15) is 13.2 Å². The molecule has 1 aromatic carbocycles. The summed E-state index contributed by atoms with van der Waals surface area (Å²) in [5, 5.41) is 0.0525. The molecule has 0 atom stereocenters. The molecule has 0 aliphatic heterocycles. The first-order valence-electron chi connectivity index (χ1n) is 3.77. The second kappa shape index (κ2) is 3.69. The Labute approximate surface area is 84.4 Å². The molecule has 0 aliphatic carbocycles. The van der Waals surface area contributed by atoms with E-state index in [0.29, 0.717) is 5.56 Å². The van der Waals surface area contributed by atoms with Crippen LogP contribution in [0.5, 0.6) is 5.75 Å². The Morgan fingerprint density at radius 2 is 1.86 bits per heavy atom. The predicted octanol–water partition coefficient (Wildman–Crippen LogP) is 3.68. The van der Waals surface area contributed by atoms with Gasteiger partial charge in [-0.3, -0.25) is 0 Å². The van der Waals surface area contributed by atoms with Gasteiger partial charge in [-0.05, 0) is 19.1 Å². The van der Waals surface area contributed by atoms with Gasteiger partial charge in [0.2, 0.25) is 0 Å². The minimum absolute atomic E-state index is 0.0525. The molecule has 0 saturated heterocycles. The van der Waals surface area contributed by atoms with Crippen LogP contribution in [0, 0.1) is 6.92 Å². The molecule has 0 spiro atoms. The molecule has 0 saturated carbocycles. The van der Waals surface area contributed by atoms with Gasteiger partial charge in [0, 0.05) is 10.6 Å². The molecule has 0 N–H and O–H groups in total. The number of methoxy groups -OCH3 is 1. The van der Waals surface area contributed by atoms with Crippen LogP contribution in [0.2, 0.25) is 5.02 Å². The van der Waals surface area contributed by atoms with E-state index in [9.17, 15) is 13.2 Å². The van der Waals surface area contributed by atoms with Crippen molar-refractivity contribution in [3.63, 3.8) is 0 Å². The number of benzene rings is 1. The molecule has 1 aromatic rings. The fraction of sp³-hybridized carbons (Fsp3) is 0.333. The third-order valence-electron chi connectivity index (χ3n) is 1.84. The summed E-state index contributed by atoms with van der Waals surface area (Å²) in [6.07, 6.45) is -4.40. The summed E-state index contributed by atoms with van der Waals surface area (Å²) in [6, 6.07) is 1.82. The van der Waals surface area contributed by atoms with Crippen molar-refractivity contribution in [2.45, 2.75) is 13.1 Å². The van der Waals surface area contributed by atoms with E-state index in [0.717, 1.165) is 12.1 Å². The molecule has 0 aliphatic rings. The Bertz CT molecular complexity index is 347. The second-order valence-electron chi connectivity index (χ2n) is 2.78. The molecule has 5 heteroatoms. The monoisotopic (exact) mass is 224 g/mol. The normalized spacial score (nSPS) is 11.6. The average molecular weight is 225 g/mol. The van der Waals surface area contributed by atoms with Crippen LogP contribution in [0.4, 0.5) is 13.2 Å². The van der Waals surface area contributed by atoms with Gasteiger partial charge in [0.05, 0.1) is 12.7 Å². The molecule has 1 rings (SSSR count). The van der Waals surface area contributed by atoms with Crippen molar-refractivity contribution in [3.8, 4) is 5.75 Å². The topological polar surface area (TPSA) is 9.23 Å². The van der Waals surface area contributed by atoms with Gasteiger partial charge in [-0.25, -0.2) is 0 Å². The van der Waals surface area contributed by atoms with Gasteiger partial charge in [-0.15, -0.1) is 0 Å². The minimum atomic E-state index is -4.40. The molecule has 0 fully saturated rings. The molecule has 0 heterocycles. The number of ether oxygens (including phenoxy) is 1. The van der Waals surface area contributed by atoms with Crippen LogP contribution < -0.4 is 4.74 Å². The lowest BCUT2D eigenvalue weighted by molar-refractivity contribution is -0.137. The second-order valence-corrected chi connectivity index (χ2v) is 3.19. The van der Waals surface area contributed by atoms with Gasteiger partial charge in [0.25, 0.3) is 0 Å². The highest BCUT2D eigenvalue weighted by molar-refractivity contribution is 6.31. The molecule has 78 valence electrons. The summed E-state index contributed by atoms with van der Waals surface area (Å²) in [5.41, 5.74) is -0.299. The summed E-state index contributed by atoms with van der Waals surface area (Å²) in [6.45, 7) is 1.60. The zero-order chi connectivity index (χ0) is 10.9. The Morgan fingerprint density at radius 3 is 2.29 bits per heavy atom. The van der Waals surface area contributed by atoms with Crippen molar-refractivity contribution < 1.29 is 17.9 Å². The molecule has 1 nitrogen and oxygen atoms in total. The third kappa shape index (κ3) is 2.12. The summed E-state index contributed by atoms with van der Waals surface area (Å²) >= 11 is 5.62. The number of halogens is 4. The lowest BCUT2D eigenvalue weighted by Gasteiger charge is -2.11. The highest BCUT2D eigenvalue weighted by Gasteiger charge is 2.31. The zero-order valence-electron chi connectivity index (χ0n) is 7.57. The molecule has 0 aromatic heterocycles. The van der Waals surface area contributed by atoms with Crippen LogP contribution >= 0.6 is 11.6 Å². The number of hydrogen-bond acceptors (Lipinski definition) is 1. The lowest BCUT2D eigenvalue weighted by Crippen LogP contribution is -2.05. The average Bonchev–Trinajstić information content (AvgIpc) is 2.07. The van der Waals surface area contributed by atoms with Crippen LogP contribution in [0.3, 0.4) is 0 Å². The smallest absolute Gasteiger partial charge is 0.416 e. The van der Waals surface area contributed by atoms with Crippen LogP contribution in [-0.2, 0) is 6.18 Å². The molecular weight excluding hydrogens is 217 g/mol. The van der Waals surface area contributed by atoms with Crippen molar-refractivity contribution >= 4 is 11.6 Å². The van der Waals surface area contributed by atoms with Crippen molar-refractivity contribution in [1.82, 2.24) is 0 Å². The highest BCUT2D eigenvalue weighted by Crippen LogP contribution is 2.36. The first-order chi connectivity index (χ1) is 6.36. The van der Waals surface area contributed by atoms with Crippen LogP contribution in [0.1, 0.15) is 11.1 Å². The van der Waals surface area contributed by atoms with Gasteiger partial charge < -0.3 is 4.74 Å². The molecule has 0 radical (unpaired) electrons. The third-order valence-corrected chi connectivity index (χ3v) is 2.24. The standard InChI is InChI=1S/C9H8ClF3O/c1-5-7(10)3-6(9(11,12)13)4-8(5)14-2/h3-4H,1-2H3. The number of alkyl halides is 3. The maximum atomic E-state index is 12.3. The van der Waals surface area contributed by atoms with Crippen LogP contribution in [0.25, 0.3) is 0 Å². The van der Waals surface area contributed by atoms with Crippen molar-refractivity contribution in [3.05, 3.63) is 28.3 Å². The van der Waals surface area contributed by atoms with E-state index >= 15 is 0 Å². The van der Waals surface area contributed by atoms with Gasteiger partial charge >= 0.3 is 6.18 Å². The first kappa shape index (κ1) is 11.2. The lowest BCUT2D eigenvalue weighted by atomic mass is 10.1. The minimum Gasteiger partial charge on any atom is -0.496 e. The summed E-state index contributed by atoms with van der Waals surface area (Å²) in [5.74, 6) is 0.143. The van der Waals surface area contributed by atoms with Crippen LogP contribution in [0.15, 0.2) is 12.1 Å². The summed E-state index contributed by atoms with van der Waals surface area (Å²) in [7, 11) is 1.30. The SMILES string of the molecule is COc1cc(C(F)(F)F)cc(Cl)c1C. The quantitative estimate of drug-likeness (QED) is 0.707. The number of rotatable bonds is 1. The zero-order valence-corrected chi connectivity index (χ0v) is 8.33. The van der Waals surface area contributed by atoms with Crippen molar-refractivity contribution in [2.75, 3.05) is 7.11 Å². The van der Waals surface area contributed by atoms with Gasteiger partial charge in [0.15, 0.2) is 0 Å². The van der Waals surface area contributed by atoms with Crippen LogP contribution in [-0.4, -0.2) is 7.11 Å². The summed E-state index contributed by atoms with van der Waals surface area (Å²) < 4.78 is 41.7. The van der Waals surface area contributed by atoms with E-state index in [-0.39, 0.29) is 10.8 Å². The van der Waals surface area contributed by atoms with E-state index in [2.05, 4.69) is 0 Å². The van der Waals surface area contributed by atoms with E-state index in [1.54, 1.807) is 6.92 Å². The van der Waals surface area contributed by atoms with E-state index in [1.807, 2.05) is 0 Å². The maximum absolute atomic E-state index is 12.3.